The lowest BCUT2D eigenvalue weighted by atomic mass is 9.94. The third-order valence-electron chi connectivity index (χ3n) is 3.21. The van der Waals surface area contributed by atoms with E-state index in [1.807, 2.05) is 13.8 Å². The summed E-state index contributed by atoms with van der Waals surface area (Å²) >= 11 is 0. The van der Waals surface area contributed by atoms with Crippen molar-refractivity contribution in [2.24, 2.45) is 0 Å². The minimum absolute atomic E-state index is 0.116. The molecule has 0 spiro atoms. The summed E-state index contributed by atoms with van der Waals surface area (Å²) in [6.45, 7) is 10.3. The number of carboxylic acid groups (broad SMARTS) is 1. The van der Waals surface area contributed by atoms with E-state index in [1.54, 1.807) is 6.92 Å². The summed E-state index contributed by atoms with van der Waals surface area (Å²) in [7, 11) is 0. The lowest BCUT2D eigenvalue weighted by Crippen LogP contribution is -2.51. The summed E-state index contributed by atoms with van der Waals surface area (Å²) in [4.78, 5) is 11.4. The monoisotopic (exact) mass is 289 g/mol. The van der Waals surface area contributed by atoms with Crippen molar-refractivity contribution in [2.75, 3.05) is 26.4 Å². The average Bonchev–Trinajstić information content (AvgIpc) is 2.40. The molecule has 0 saturated heterocycles. The Morgan fingerprint density at radius 2 is 1.95 bits per heavy atom. The molecule has 20 heavy (non-hydrogen) atoms. The van der Waals surface area contributed by atoms with Crippen LogP contribution in [0, 0.1) is 0 Å². The minimum Gasteiger partial charge on any atom is -0.480 e. The van der Waals surface area contributed by atoms with Crippen molar-refractivity contribution < 1.29 is 19.4 Å². The Balaban J connectivity index is 3.95. The van der Waals surface area contributed by atoms with Gasteiger partial charge in [0.05, 0.1) is 19.3 Å². The van der Waals surface area contributed by atoms with Crippen LogP contribution in [0.2, 0.25) is 0 Å². The van der Waals surface area contributed by atoms with Crippen LogP contribution < -0.4 is 5.32 Å². The summed E-state index contributed by atoms with van der Waals surface area (Å²) in [5.74, 6) is -0.833. The maximum Gasteiger partial charge on any atom is 0.323 e. The zero-order valence-electron chi connectivity index (χ0n) is 13.4. The zero-order chi connectivity index (χ0) is 15.4. The molecule has 5 nitrogen and oxygen atoms in total. The van der Waals surface area contributed by atoms with Gasteiger partial charge in [0.2, 0.25) is 0 Å². The summed E-state index contributed by atoms with van der Waals surface area (Å²) in [6, 6.07) is 0. The number of rotatable bonds is 13. The second-order valence-electron chi connectivity index (χ2n) is 5.42. The Morgan fingerprint density at radius 1 is 1.25 bits per heavy atom. The van der Waals surface area contributed by atoms with Crippen LogP contribution in [0.1, 0.15) is 53.4 Å². The molecule has 0 saturated carbocycles. The summed E-state index contributed by atoms with van der Waals surface area (Å²) in [6.07, 6.45) is 3.42. The van der Waals surface area contributed by atoms with Crippen molar-refractivity contribution in [3.05, 3.63) is 0 Å². The number of carbonyl (C=O) groups is 1. The van der Waals surface area contributed by atoms with Gasteiger partial charge in [0, 0.05) is 13.0 Å². The number of ether oxygens (including phenoxy) is 2. The Hall–Kier alpha value is -0.650. The molecule has 0 fully saturated rings. The van der Waals surface area contributed by atoms with Gasteiger partial charge in [0.15, 0.2) is 0 Å². The molecule has 2 N–H and O–H groups in total. The summed E-state index contributed by atoms with van der Waals surface area (Å²) in [5.41, 5.74) is -0.932. The van der Waals surface area contributed by atoms with Gasteiger partial charge in [-0.15, -0.1) is 0 Å². The van der Waals surface area contributed by atoms with Gasteiger partial charge in [-0.3, -0.25) is 4.79 Å². The zero-order valence-corrected chi connectivity index (χ0v) is 13.4. The standard InChI is InChI=1S/C15H31NO4/c1-5-7-9-19-10-11-20-13(3)12-15(4,14(17)18)16-8-6-2/h13,16H,5-12H2,1-4H3,(H,17,18). The van der Waals surface area contributed by atoms with E-state index in [0.29, 0.717) is 26.2 Å². The Labute approximate surface area is 123 Å². The van der Waals surface area contributed by atoms with Crippen molar-refractivity contribution in [2.45, 2.75) is 65.0 Å². The fraction of sp³-hybridized carbons (Fsp3) is 0.933. The van der Waals surface area contributed by atoms with Crippen molar-refractivity contribution in [3.63, 3.8) is 0 Å². The first-order valence-electron chi connectivity index (χ1n) is 7.64. The van der Waals surface area contributed by atoms with Crippen molar-refractivity contribution in [1.29, 1.82) is 0 Å². The first kappa shape index (κ1) is 19.4. The molecule has 0 aliphatic heterocycles. The van der Waals surface area contributed by atoms with E-state index in [4.69, 9.17) is 9.47 Å². The van der Waals surface area contributed by atoms with Gasteiger partial charge in [0.1, 0.15) is 5.54 Å². The van der Waals surface area contributed by atoms with Gasteiger partial charge in [-0.2, -0.15) is 0 Å². The first-order valence-corrected chi connectivity index (χ1v) is 7.64. The first-order chi connectivity index (χ1) is 9.46. The fourth-order valence-corrected chi connectivity index (χ4v) is 1.93. The molecular formula is C15H31NO4. The number of carboxylic acids is 1. The van der Waals surface area contributed by atoms with E-state index in [2.05, 4.69) is 12.2 Å². The van der Waals surface area contributed by atoms with Crippen LogP contribution in [-0.2, 0) is 14.3 Å². The second kappa shape index (κ2) is 11.1. The molecule has 2 unspecified atom stereocenters. The third-order valence-corrected chi connectivity index (χ3v) is 3.21. The number of hydrogen-bond acceptors (Lipinski definition) is 4. The SMILES string of the molecule is CCCCOCCOC(C)CC(C)(NCCC)C(=O)O. The molecule has 120 valence electrons. The molecule has 0 radical (unpaired) electrons. The predicted molar refractivity (Wildman–Crippen MR) is 80.1 cm³/mol. The van der Waals surface area contributed by atoms with Crippen LogP contribution in [-0.4, -0.2) is 49.1 Å². The molecule has 0 aliphatic carbocycles. The molecule has 5 heteroatoms. The van der Waals surface area contributed by atoms with Crippen LogP contribution in [0.5, 0.6) is 0 Å². The Morgan fingerprint density at radius 3 is 2.50 bits per heavy atom. The van der Waals surface area contributed by atoms with Gasteiger partial charge in [0.25, 0.3) is 0 Å². The molecule has 0 aliphatic rings. The highest BCUT2D eigenvalue weighted by Gasteiger charge is 2.34. The number of nitrogens with one attached hydrogen (secondary N) is 1. The van der Waals surface area contributed by atoms with Gasteiger partial charge >= 0.3 is 5.97 Å². The number of aliphatic carboxylic acids is 1. The van der Waals surface area contributed by atoms with E-state index < -0.39 is 11.5 Å². The van der Waals surface area contributed by atoms with Crippen molar-refractivity contribution >= 4 is 5.97 Å². The highest BCUT2D eigenvalue weighted by molar-refractivity contribution is 5.78. The van der Waals surface area contributed by atoms with E-state index in [-0.39, 0.29) is 6.10 Å². The smallest absolute Gasteiger partial charge is 0.323 e. The minimum atomic E-state index is -0.932. The third kappa shape index (κ3) is 8.51. The predicted octanol–water partition coefficient (Wildman–Crippen LogP) is 2.44. The van der Waals surface area contributed by atoms with E-state index in [1.165, 1.54) is 0 Å². The van der Waals surface area contributed by atoms with Crippen molar-refractivity contribution in [1.82, 2.24) is 5.32 Å². The van der Waals surface area contributed by atoms with Gasteiger partial charge in [-0.25, -0.2) is 0 Å². The lowest BCUT2D eigenvalue weighted by Gasteiger charge is -2.29. The van der Waals surface area contributed by atoms with Crippen molar-refractivity contribution in [3.8, 4) is 0 Å². The fourth-order valence-electron chi connectivity index (χ4n) is 1.93. The summed E-state index contributed by atoms with van der Waals surface area (Å²) in [5, 5.41) is 12.4. The molecular weight excluding hydrogens is 258 g/mol. The second-order valence-corrected chi connectivity index (χ2v) is 5.42. The lowest BCUT2D eigenvalue weighted by molar-refractivity contribution is -0.146. The summed E-state index contributed by atoms with van der Waals surface area (Å²) < 4.78 is 11.0. The number of unbranched alkanes of at least 4 members (excludes halogenated alkanes) is 1. The molecule has 0 amide bonds. The average molecular weight is 289 g/mol. The molecule has 0 aromatic rings. The molecule has 0 heterocycles. The van der Waals surface area contributed by atoms with Crippen LogP contribution in [0.15, 0.2) is 0 Å². The van der Waals surface area contributed by atoms with Crippen LogP contribution >= 0.6 is 0 Å². The van der Waals surface area contributed by atoms with Crippen LogP contribution in [0.25, 0.3) is 0 Å². The largest absolute Gasteiger partial charge is 0.480 e. The Kier molecular flexibility index (Phi) is 10.7. The van der Waals surface area contributed by atoms with E-state index in [9.17, 15) is 9.90 Å². The maximum absolute atomic E-state index is 11.4. The molecule has 0 aromatic carbocycles. The molecule has 0 rings (SSSR count). The van der Waals surface area contributed by atoms with Crippen LogP contribution in [0.3, 0.4) is 0 Å². The topological polar surface area (TPSA) is 67.8 Å². The number of hydrogen-bond donors (Lipinski definition) is 2. The highest BCUT2D eigenvalue weighted by Crippen LogP contribution is 2.15. The molecule has 0 bridgehead atoms. The normalized spacial score (nSPS) is 15.8. The highest BCUT2D eigenvalue weighted by atomic mass is 16.5. The van der Waals surface area contributed by atoms with Gasteiger partial charge in [-0.1, -0.05) is 20.3 Å². The maximum atomic E-state index is 11.4. The van der Waals surface area contributed by atoms with E-state index in [0.717, 1.165) is 25.9 Å². The van der Waals surface area contributed by atoms with Gasteiger partial charge in [-0.05, 0) is 33.2 Å². The molecule has 0 aromatic heterocycles. The molecule has 2 atom stereocenters. The Bertz CT molecular complexity index is 260. The quantitative estimate of drug-likeness (QED) is 0.510. The van der Waals surface area contributed by atoms with Crippen LogP contribution in [0.4, 0.5) is 0 Å². The van der Waals surface area contributed by atoms with Gasteiger partial charge < -0.3 is 19.9 Å². The van der Waals surface area contributed by atoms with E-state index >= 15 is 0 Å².